The number of nitrogens with two attached hydrogens (primary N) is 1. The number of nitrogens with one attached hydrogen (secondary N) is 2. The lowest BCUT2D eigenvalue weighted by molar-refractivity contribution is -0.154. The summed E-state index contributed by atoms with van der Waals surface area (Å²) in [6.45, 7) is 4.96. The molecule has 194 valence electrons. The predicted octanol–water partition coefficient (Wildman–Crippen LogP) is 5.36. The van der Waals surface area contributed by atoms with Gasteiger partial charge in [0.1, 0.15) is 5.82 Å². The molecular formula is C24H31F5N4O2. The molecule has 35 heavy (non-hydrogen) atoms. The third-order valence-electron chi connectivity index (χ3n) is 6.82. The molecule has 1 aromatic carbocycles. The number of alkyl halides is 5. The summed E-state index contributed by atoms with van der Waals surface area (Å²) in [6.07, 6.45) is -5.99. The average Bonchev–Trinajstić information content (AvgIpc) is 3.17. The molecule has 0 spiro atoms. The van der Waals surface area contributed by atoms with Crippen molar-refractivity contribution >= 4 is 22.8 Å². The first-order valence-electron chi connectivity index (χ1n) is 11.7. The molecule has 2 aromatic rings. The van der Waals surface area contributed by atoms with Crippen molar-refractivity contribution in [1.29, 1.82) is 0 Å². The molecule has 6 nitrogen and oxygen atoms in total. The minimum atomic E-state index is -4.54. The molecular weight excluding hydrogens is 471 g/mol. The lowest BCUT2D eigenvalue weighted by atomic mass is 9.81. The van der Waals surface area contributed by atoms with Crippen LogP contribution in [0.3, 0.4) is 0 Å². The normalized spacial score (nSPS) is 19.5. The van der Waals surface area contributed by atoms with Gasteiger partial charge in [0.25, 0.3) is 0 Å². The Morgan fingerprint density at radius 2 is 1.83 bits per heavy atom. The highest BCUT2D eigenvalue weighted by Crippen LogP contribution is 2.41. The summed E-state index contributed by atoms with van der Waals surface area (Å²) in [5.41, 5.74) is 6.74. The van der Waals surface area contributed by atoms with Gasteiger partial charge in [0, 0.05) is 18.8 Å². The molecule has 0 saturated heterocycles. The molecule has 2 amide bonds. The molecule has 1 aliphatic rings. The summed E-state index contributed by atoms with van der Waals surface area (Å²) >= 11 is 0. The van der Waals surface area contributed by atoms with Crippen molar-refractivity contribution < 1.29 is 31.5 Å². The number of hydrogen-bond donors (Lipinski definition) is 3. The average molecular weight is 503 g/mol. The molecule has 11 heteroatoms. The number of hydrogen-bond acceptors (Lipinski definition) is 3. The number of nitrogens with zero attached hydrogens (tertiary/aromatic N) is 1. The Morgan fingerprint density at radius 3 is 2.37 bits per heavy atom. The van der Waals surface area contributed by atoms with Gasteiger partial charge >= 0.3 is 6.18 Å². The maximum absolute atomic E-state index is 13.7. The van der Waals surface area contributed by atoms with Crippen LogP contribution >= 0.6 is 0 Å². The fraction of sp³-hybridized carbons (Fsp3) is 0.625. The number of aromatic amines is 1. The van der Waals surface area contributed by atoms with Crippen LogP contribution in [0, 0.1) is 17.8 Å². The fourth-order valence-electron chi connectivity index (χ4n) is 4.61. The zero-order valence-corrected chi connectivity index (χ0v) is 19.9. The van der Waals surface area contributed by atoms with Crippen molar-refractivity contribution in [3.8, 4) is 0 Å². The summed E-state index contributed by atoms with van der Waals surface area (Å²) in [6, 6.07) is 4.20. The van der Waals surface area contributed by atoms with Crippen LogP contribution in [0.25, 0.3) is 11.0 Å². The van der Waals surface area contributed by atoms with E-state index < -0.39 is 42.3 Å². The van der Waals surface area contributed by atoms with Gasteiger partial charge < -0.3 is 16.0 Å². The second kappa shape index (κ2) is 10.1. The number of carbonyl (C=O) groups is 2. The van der Waals surface area contributed by atoms with Crippen LogP contribution in [0.5, 0.6) is 0 Å². The number of fused-ring (bicyclic) bond motifs is 1. The summed E-state index contributed by atoms with van der Waals surface area (Å²) in [5, 5.41) is 2.92. The Kier molecular flexibility index (Phi) is 7.76. The molecule has 0 aliphatic heterocycles. The Labute approximate surface area is 200 Å². The van der Waals surface area contributed by atoms with E-state index in [9.17, 15) is 31.5 Å². The van der Waals surface area contributed by atoms with Gasteiger partial charge in [0.05, 0.1) is 29.4 Å². The zero-order valence-electron chi connectivity index (χ0n) is 19.9. The Morgan fingerprint density at radius 1 is 1.20 bits per heavy atom. The number of rotatable bonds is 8. The number of primary amides is 1. The lowest BCUT2D eigenvalue weighted by Gasteiger charge is -2.33. The van der Waals surface area contributed by atoms with Crippen molar-refractivity contribution in [2.45, 2.75) is 76.9 Å². The molecule has 3 rings (SSSR count). The third kappa shape index (κ3) is 6.70. The van der Waals surface area contributed by atoms with Crippen LogP contribution in [0.1, 0.15) is 76.2 Å². The van der Waals surface area contributed by atoms with Crippen molar-refractivity contribution in [1.82, 2.24) is 15.3 Å². The number of H-pyrrole nitrogens is 1. The minimum absolute atomic E-state index is 0.215. The molecule has 1 fully saturated rings. The van der Waals surface area contributed by atoms with Gasteiger partial charge in [0.15, 0.2) is 0 Å². The predicted molar refractivity (Wildman–Crippen MR) is 120 cm³/mol. The second-order valence-electron chi connectivity index (χ2n) is 9.85. The van der Waals surface area contributed by atoms with Crippen LogP contribution in [-0.2, 0) is 9.59 Å². The van der Waals surface area contributed by atoms with Crippen molar-refractivity contribution in [2.24, 2.45) is 23.5 Å². The zero-order chi connectivity index (χ0) is 26.1. The van der Waals surface area contributed by atoms with Crippen molar-refractivity contribution in [3.63, 3.8) is 0 Å². The highest BCUT2D eigenvalue weighted by Gasteiger charge is 2.40. The second-order valence-corrected chi connectivity index (χ2v) is 9.85. The van der Waals surface area contributed by atoms with Gasteiger partial charge in [-0.2, -0.15) is 13.2 Å². The van der Waals surface area contributed by atoms with Gasteiger partial charge in [-0.25, -0.2) is 13.8 Å². The first-order valence-corrected chi connectivity index (χ1v) is 11.7. The molecule has 1 heterocycles. The number of amides is 2. The summed E-state index contributed by atoms with van der Waals surface area (Å²) in [7, 11) is 0. The van der Waals surface area contributed by atoms with E-state index in [1.165, 1.54) is 6.92 Å². The van der Waals surface area contributed by atoms with Gasteiger partial charge in [-0.1, -0.05) is 26.8 Å². The number of imidazole rings is 1. The van der Waals surface area contributed by atoms with E-state index in [1.807, 2.05) is 0 Å². The Balaban J connectivity index is 1.92. The summed E-state index contributed by atoms with van der Waals surface area (Å²) < 4.78 is 66.4. The molecule has 0 bridgehead atoms. The topological polar surface area (TPSA) is 101 Å². The number of benzene rings is 1. The van der Waals surface area contributed by atoms with E-state index in [1.54, 1.807) is 32.0 Å². The number of halogens is 5. The quantitative estimate of drug-likeness (QED) is 0.424. The van der Waals surface area contributed by atoms with E-state index >= 15 is 0 Å². The van der Waals surface area contributed by atoms with Gasteiger partial charge in [-0.15, -0.1) is 0 Å². The lowest BCUT2D eigenvalue weighted by Crippen LogP contribution is -2.39. The largest absolute Gasteiger partial charge is 0.389 e. The third-order valence-corrected chi connectivity index (χ3v) is 6.82. The summed E-state index contributed by atoms with van der Waals surface area (Å²) in [5.74, 6) is -6.41. The SMILES string of the molecule is CC(C)C(=O)N[C@H](c1nc2ccc([C@H](C)C(CC(F)(F)F)C(N)=O)cc2[nH]1)C1CCC(F)(F)CC1. The molecule has 1 aliphatic carbocycles. The fourth-order valence-corrected chi connectivity index (χ4v) is 4.61. The molecule has 3 atom stereocenters. The van der Waals surface area contributed by atoms with Gasteiger partial charge in [-0.05, 0) is 42.4 Å². The highest BCUT2D eigenvalue weighted by atomic mass is 19.4. The van der Waals surface area contributed by atoms with E-state index in [-0.39, 0.29) is 43.4 Å². The highest BCUT2D eigenvalue weighted by molar-refractivity contribution is 5.80. The first kappa shape index (κ1) is 26.9. The monoisotopic (exact) mass is 502 g/mol. The van der Waals surface area contributed by atoms with Crippen LogP contribution < -0.4 is 11.1 Å². The number of aromatic nitrogens is 2. The van der Waals surface area contributed by atoms with E-state index in [0.717, 1.165) is 0 Å². The molecule has 1 saturated carbocycles. The first-order chi connectivity index (χ1) is 16.2. The van der Waals surface area contributed by atoms with Gasteiger partial charge in [0.2, 0.25) is 17.7 Å². The van der Waals surface area contributed by atoms with E-state index in [2.05, 4.69) is 15.3 Å². The van der Waals surface area contributed by atoms with Crippen LogP contribution in [0.2, 0.25) is 0 Å². The van der Waals surface area contributed by atoms with E-state index in [0.29, 0.717) is 22.4 Å². The van der Waals surface area contributed by atoms with Crippen LogP contribution in [0.4, 0.5) is 22.0 Å². The summed E-state index contributed by atoms with van der Waals surface area (Å²) in [4.78, 5) is 31.9. The maximum atomic E-state index is 13.7. The molecule has 4 N–H and O–H groups in total. The standard InChI is InChI=1S/C24H31F5N4O2/c1-12(2)22(35)33-19(14-6-8-23(25,26)9-7-14)21-31-17-5-4-15(10-18(17)32-21)13(3)16(20(30)34)11-24(27,28)29/h4-5,10,12-14,16,19H,6-9,11H2,1-3H3,(H2,30,34)(H,31,32)(H,33,35)/t13-,16?,19-/m0/s1. The molecule has 1 unspecified atom stereocenters. The Hall–Kier alpha value is -2.72. The van der Waals surface area contributed by atoms with Gasteiger partial charge in [-0.3, -0.25) is 9.59 Å². The van der Waals surface area contributed by atoms with E-state index in [4.69, 9.17) is 5.73 Å². The van der Waals surface area contributed by atoms with Crippen molar-refractivity contribution in [3.05, 3.63) is 29.6 Å². The van der Waals surface area contributed by atoms with Crippen LogP contribution in [0.15, 0.2) is 18.2 Å². The minimum Gasteiger partial charge on any atom is -0.369 e. The Bertz CT molecular complexity index is 1060. The number of carbonyl (C=O) groups excluding carboxylic acids is 2. The molecule has 1 aromatic heterocycles. The van der Waals surface area contributed by atoms with Crippen LogP contribution in [-0.4, -0.2) is 33.9 Å². The smallest absolute Gasteiger partial charge is 0.369 e. The maximum Gasteiger partial charge on any atom is 0.389 e. The van der Waals surface area contributed by atoms with Crippen molar-refractivity contribution in [2.75, 3.05) is 0 Å². The molecule has 0 radical (unpaired) electrons.